The van der Waals surface area contributed by atoms with Gasteiger partial charge in [-0.25, -0.2) is 8.42 Å². The summed E-state index contributed by atoms with van der Waals surface area (Å²) in [5, 5.41) is 3.15. The van der Waals surface area contributed by atoms with E-state index >= 15 is 0 Å². The third-order valence-corrected chi connectivity index (χ3v) is 3.42. The van der Waals surface area contributed by atoms with Gasteiger partial charge in [-0.2, -0.15) is 0 Å². The first-order valence-corrected chi connectivity index (χ1v) is 7.47. The van der Waals surface area contributed by atoms with E-state index in [1.807, 2.05) is 32.0 Å². The van der Waals surface area contributed by atoms with Crippen LogP contribution in [0.5, 0.6) is 5.75 Å². The number of rotatable bonds is 5. The van der Waals surface area contributed by atoms with Gasteiger partial charge >= 0.3 is 0 Å². The topological polar surface area (TPSA) is 55.4 Å². The number of ether oxygens (including phenoxy) is 1. The normalized spacial score (nSPS) is 13.2. The van der Waals surface area contributed by atoms with E-state index in [1.165, 1.54) is 6.26 Å². The largest absolute Gasteiger partial charge is 0.495 e. The van der Waals surface area contributed by atoms with Gasteiger partial charge < -0.3 is 10.1 Å². The molecule has 0 aliphatic heterocycles. The Morgan fingerprint density at radius 1 is 1.41 bits per heavy atom. The average molecular weight is 257 g/mol. The van der Waals surface area contributed by atoms with Crippen molar-refractivity contribution < 1.29 is 13.2 Å². The SMILES string of the molecule is COc1ccc(C)cc1NC(C)CS(C)(=O)=O. The molecule has 0 saturated carbocycles. The zero-order chi connectivity index (χ0) is 13.1. The Hall–Kier alpha value is -1.23. The number of aryl methyl sites for hydroxylation is 1. The minimum Gasteiger partial charge on any atom is -0.495 e. The summed E-state index contributed by atoms with van der Waals surface area (Å²) in [6.45, 7) is 3.81. The van der Waals surface area contributed by atoms with Gasteiger partial charge in [0.1, 0.15) is 15.6 Å². The van der Waals surface area contributed by atoms with Crippen LogP contribution in [0, 0.1) is 6.92 Å². The maximum Gasteiger partial charge on any atom is 0.149 e. The molecule has 0 spiro atoms. The highest BCUT2D eigenvalue weighted by Crippen LogP contribution is 2.25. The lowest BCUT2D eigenvalue weighted by molar-refractivity contribution is 0.416. The van der Waals surface area contributed by atoms with Crippen LogP contribution in [0.25, 0.3) is 0 Å². The van der Waals surface area contributed by atoms with Crippen LogP contribution in [-0.2, 0) is 9.84 Å². The first-order chi connectivity index (χ1) is 7.81. The Kier molecular flexibility index (Phi) is 4.40. The highest BCUT2D eigenvalue weighted by Gasteiger charge is 2.12. The lowest BCUT2D eigenvalue weighted by Gasteiger charge is -2.17. The lowest BCUT2D eigenvalue weighted by atomic mass is 10.2. The number of nitrogens with one attached hydrogen (secondary N) is 1. The Morgan fingerprint density at radius 3 is 2.59 bits per heavy atom. The van der Waals surface area contributed by atoms with Crippen LogP contribution in [0.2, 0.25) is 0 Å². The molecule has 0 amide bonds. The summed E-state index contributed by atoms with van der Waals surface area (Å²) in [5.74, 6) is 0.820. The van der Waals surface area contributed by atoms with Crippen LogP contribution in [0.4, 0.5) is 5.69 Å². The zero-order valence-corrected chi connectivity index (χ0v) is 11.5. The zero-order valence-electron chi connectivity index (χ0n) is 10.6. The fourth-order valence-electron chi connectivity index (χ4n) is 1.70. The number of hydrogen-bond acceptors (Lipinski definition) is 4. The molecule has 0 aliphatic carbocycles. The number of sulfone groups is 1. The predicted octanol–water partition coefficient (Wildman–Crippen LogP) is 1.85. The maximum absolute atomic E-state index is 11.2. The van der Waals surface area contributed by atoms with Gasteiger partial charge in [0, 0.05) is 12.3 Å². The molecule has 0 bridgehead atoms. The minimum absolute atomic E-state index is 0.101. The van der Waals surface area contributed by atoms with Gasteiger partial charge in [-0.15, -0.1) is 0 Å². The quantitative estimate of drug-likeness (QED) is 0.874. The minimum atomic E-state index is -2.98. The van der Waals surface area contributed by atoms with E-state index in [4.69, 9.17) is 4.74 Å². The van der Waals surface area contributed by atoms with Crippen molar-refractivity contribution in [3.8, 4) is 5.75 Å². The standard InChI is InChI=1S/C12H19NO3S/c1-9-5-6-12(16-3)11(7-9)13-10(2)8-17(4,14)15/h5-7,10,13H,8H2,1-4H3. The van der Waals surface area contributed by atoms with Crippen LogP contribution >= 0.6 is 0 Å². The van der Waals surface area contributed by atoms with E-state index in [-0.39, 0.29) is 11.8 Å². The second kappa shape index (κ2) is 5.40. The monoisotopic (exact) mass is 257 g/mol. The Bertz CT molecular complexity index is 483. The molecule has 17 heavy (non-hydrogen) atoms. The number of anilines is 1. The van der Waals surface area contributed by atoms with Crippen molar-refractivity contribution in [2.45, 2.75) is 19.9 Å². The molecule has 0 radical (unpaired) electrons. The summed E-state index contributed by atoms with van der Waals surface area (Å²) in [5.41, 5.74) is 1.92. The summed E-state index contributed by atoms with van der Waals surface area (Å²) in [7, 11) is -1.38. The average Bonchev–Trinajstić information content (AvgIpc) is 2.14. The van der Waals surface area contributed by atoms with E-state index in [2.05, 4.69) is 5.32 Å². The molecule has 1 rings (SSSR count). The fraction of sp³-hybridized carbons (Fsp3) is 0.500. The molecular formula is C12H19NO3S. The van der Waals surface area contributed by atoms with Crippen molar-refractivity contribution in [3.63, 3.8) is 0 Å². The molecule has 1 N–H and O–H groups in total. The number of benzene rings is 1. The maximum atomic E-state index is 11.2. The highest BCUT2D eigenvalue weighted by atomic mass is 32.2. The van der Waals surface area contributed by atoms with Crippen LogP contribution in [0.1, 0.15) is 12.5 Å². The van der Waals surface area contributed by atoms with Crippen molar-refractivity contribution >= 4 is 15.5 Å². The van der Waals surface area contributed by atoms with Gasteiger partial charge in [0.15, 0.2) is 0 Å². The van der Waals surface area contributed by atoms with E-state index in [0.29, 0.717) is 0 Å². The van der Waals surface area contributed by atoms with Gasteiger partial charge in [-0.1, -0.05) is 6.07 Å². The Balaban J connectivity index is 2.83. The van der Waals surface area contributed by atoms with Crippen molar-refractivity contribution in [3.05, 3.63) is 23.8 Å². The van der Waals surface area contributed by atoms with Gasteiger partial charge in [0.2, 0.25) is 0 Å². The summed E-state index contributed by atoms with van der Waals surface area (Å²) >= 11 is 0. The van der Waals surface area contributed by atoms with Gasteiger partial charge in [0.05, 0.1) is 18.6 Å². The first-order valence-electron chi connectivity index (χ1n) is 5.40. The first kappa shape index (κ1) is 13.8. The molecule has 1 aromatic carbocycles. The van der Waals surface area contributed by atoms with Crippen molar-refractivity contribution in [2.24, 2.45) is 0 Å². The van der Waals surface area contributed by atoms with E-state index in [9.17, 15) is 8.42 Å². The molecule has 4 nitrogen and oxygen atoms in total. The molecule has 0 saturated heterocycles. The molecule has 1 aromatic rings. The molecular weight excluding hydrogens is 238 g/mol. The van der Waals surface area contributed by atoms with Crippen LogP contribution in [-0.4, -0.2) is 33.6 Å². The molecule has 1 unspecified atom stereocenters. The summed E-state index contributed by atoms with van der Waals surface area (Å²) in [6.07, 6.45) is 1.23. The molecule has 0 fully saturated rings. The molecule has 96 valence electrons. The second-order valence-electron chi connectivity index (χ2n) is 4.34. The fourth-order valence-corrected chi connectivity index (χ4v) is 2.69. The van der Waals surface area contributed by atoms with Crippen LogP contribution < -0.4 is 10.1 Å². The molecule has 0 heterocycles. The van der Waals surface area contributed by atoms with Gasteiger partial charge in [0.25, 0.3) is 0 Å². The van der Waals surface area contributed by atoms with Crippen molar-refractivity contribution in [1.29, 1.82) is 0 Å². The summed E-state index contributed by atoms with van der Waals surface area (Å²) < 4.78 is 27.6. The second-order valence-corrected chi connectivity index (χ2v) is 6.53. The molecule has 0 aromatic heterocycles. The Labute approximate surface area is 103 Å². The van der Waals surface area contributed by atoms with E-state index < -0.39 is 9.84 Å². The number of methoxy groups -OCH3 is 1. The highest BCUT2D eigenvalue weighted by molar-refractivity contribution is 7.90. The van der Waals surface area contributed by atoms with Crippen LogP contribution in [0.3, 0.4) is 0 Å². The summed E-state index contributed by atoms with van der Waals surface area (Å²) in [4.78, 5) is 0. The lowest BCUT2D eigenvalue weighted by Crippen LogP contribution is -2.25. The van der Waals surface area contributed by atoms with E-state index in [0.717, 1.165) is 17.0 Å². The van der Waals surface area contributed by atoms with Gasteiger partial charge in [-0.05, 0) is 31.5 Å². The number of hydrogen-bond donors (Lipinski definition) is 1. The van der Waals surface area contributed by atoms with E-state index in [1.54, 1.807) is 7.11 Å². The molecule has 0 aliphatic rings. The van der Waals surface area contributed by atoms with Crippen molar-refractivity contribution in [1.82, 2.24) is 0 Å². The van der Waals surface area contributed by atoms with Crippen LogP contribution in [0.15, 0.2) is 18.2 Å². The van der Waals surface area contributed by atoms with Crippen molar-refractivity contribution in [2.75, 3.05) is 24.4 Å². The predicted molar refractivity (Wildman–Crippen MR) is 70.5 cm³/mol. The van der Waals surface area contributed by atoms with Gasteiger partial charge in [-0.3, -0.25) is 0 Å². The summed E-state index contributed by atoms with van der Waals surface area (Å²) in [6, 6.07) is 5.61. The molecule has 5 heteroatoms. The smallest absolute Gasteiger partial charge is 0.149 e. The Morgan fingerprint density at radius 2 is 2.06 bits per heavy atom. The third-order valence-electron chi connectivity index (χ3n) is 2.31. The molecule has 1 atom stereocenters. The third kappa shape index (κ3) is 4.65.